The van der Waals surface area contributed by atoms with Gasteiger partial charge in [-0.2, -0.15) is 0 Å². The van der Waals surface area contributed by atoms with E-state index in [4.69, 9.17) is 0 Å². The molecular weight excluding hydrogens is 418 g/mol. The highest BCUT2D eigenvalue weighted by atomic mass is 32.2. The molecule has 30 heavy (non-hydrogen) atoms. The minimum atomic E-state index is -3.27. The molecule has 1 fully saturated rings. The van der Waals surface area contributed by atoms with Crippen LogP contribution in [0.1, 0.15) is 25.3 Å². The van der Waals surface area contributed by atoms with Crippen molar-refractivity contribution in [3.63, 3.8) is 0 Å². The zero-order valence-electron chi connectivity index (χ0n) is 17.1. The summed E-state index contributed by atoms with van der Waals surface area (Å²) in [5.74, 6) is 0.0338. The molecule has 0 spiro atoms. The first-order valence-electron chi connectivity index (χ1n) is 10.0. The second-order valence-corrected chi connectivity index (χ2v) is 10.8. The largest absolute Gasteiger partial charge is 0.290 e. The normalized spacial score (nSPS) is 17.1. The number of nitrogens with zero attached hydrogens (tertiary/aromatic N) is 3. The van der Waals surface area contributed by atoms with Gasteiger partial charge in [-0.25, -0.2) is 17.7 Å². The molecule has 1 aromatic heterocycles. The number of hydrogen-bond acceptors (Lipinski definition) is 5. The summed E-state index contributed by atoms with van der Waals surface area (Å²) in [5.41, 5.74) is 1.03. The van der Waals surface area contributed by atoms with Gasteiger partial charge in [-0.05, 0) is 37.5 Å². The summed E-state index contributed by atoms with van der Waals surface area (Å²) in [6.45, 7) is 2.33. The Hall–Kier alpha value is -2.29. The Morgan fingerprint density at radius 2 is 1.73 bits per heavy atom. The number of likely N-dealkylation sites (N-methyl/N-ethyl adjacent to an activating group) is 1. The Morgan fingerprint density at radius 3 is 2.37 bits per heavy atom. The minimum absolute atomic E-state index is 0.0405. The van der Waals surface area contributed by atoms with Crippen LogP contribution in [0.2, 0.25) is 0 Å². The smallest absolute Gasteiger partial charge is 0.239 e. The van der Waals surface area contributed by atoms with Gasteiger partial charge in [0.2, 0.25) is 15.9 Å². The summed E-state index contributed by atoms with van der Waals surface area (Å²) >= 11 is 1.49. The summed E-state index contributed by atoms with van der Waals surface area (Å²) < 4.78 is 27.2. The molecule has 1 amide bonds. The first-order chi connectivity index (χ1) is 14.4. The molecule has 0 saturated carbocycles. The van der Waals surface area contributed by atoms with E-state index in [1.165, 1.54) is 15.6 Å². The van der Waals surface area contributed by atoms with E-state index in [1.54, 1.807) is 18.9 Å². The van der Waals surface area contributed by atoms with Gasteiger partial charge in [0.1, 0.15) is 0 Å². The fraction of sp³-hybridized carbons (Fsp3) is 0.364. The van der Waals surface area contributed by atoms with Gasteiger partial charge in [-0.1, -0.05) is 53.8 Å². The van der Waals surface area contributed by atoms with Crippen LogP contribution in [0.4, 0.5) is 5.13 Å². The molecule has 158 valence electrons. The van der Waals surface area contributed by atoms with Crippen LogP contribution in [0.25, 0.3) is 10.2 Å². The average Bonchev–Trinajstić information content (AvgIpc) is 3.23. The van der Waals surface area contributed by atoms with Gasteiger partial charge in [-0.15, -0.1) is 0 Å². The molecule has 2 heterocycles. The first kappa shape index (κ1) is 21.0. The number of aromatic nitrogens is 1. The van der Waals surface area contributed by atoms with Crippen LogP contribution in [0.3, 0.4) is 0 Å². The van der Waals surface area contributed by atoms with Crippen LogP contribution < -0.4 is 4.90 Å². The van der Waals surface area contributed by atoms with E-state index in [9.17, 15) is 13.2 Å². The van der Waals surface area contributed by atoms with Gasteiger partial charge >= 0.3 is 0 Å². The van der Waals surface area contributed by atoms with E-state index in [0.717, 1.165) is 15.8 Å². The quantitative estimate of drug-likeness (QED) is 0.604. The molecule has 0 atom stereocenters. The minimum Gasteiger partial charge on any atom is -0.290 e. The molecule has 0 aliphatic carbocycles. The fourth-order valence-corrected chi connectivity index (χ4v) is 6.15. The van der Waals surface area contributed by atoms with Gasteiger partial charge in [0.15, 0.2) is 5.13 Å². The van der Waals surface area contributed by atoms with Crippen molar-refractivity contribution in [2.45, 2.75) is 25.2 Å². The highest BCUT2D eigenvalue weighted by Gasteiger charge is 2.46. The SMILES string of the molecule is CCS(=O)(=O)N1CCC(C(=O)N(C)c2nc3ccccc3s2)(c2ccccc2)CC1. The van der Waals surface area contributed by atoms with E-state index < -0.39 is 15.4 Å². The number of piperidine rings is 1. The van der Waals surface area contributed by atoms with Gasteiger partial charge in [0.25, 0.3) is 0 Å². The summed E-state index contributed by atoms with van der Waals surface area (Å²) in [6.07, 6.45) is 0.897. The number of carbonyl (C=O) groups excluding carboxylic acids is 1. The Labute approximate surface area is 181 Å². The Kier molecular flexibility index (Phi) is 5.65. The monoisotopic (exact) mass is 443 g/mol. The molecule has 0 N–H and O–H groups in total. The summed E-state index contributed by atoms with van der Waals surface area (Å²) in [7, 11) is -1.51. The number of para-hydroxylation sites is 1. The molecule has 6 nitrogen and oxygen atoms in total. The van der Waals surface area contributed by atoms with E-state index in [0.29, 0.717) is 31.1 Å². The third-order valence-corrected chi connectivity index (χ3v) is 8.94. The van der Waals surface area contributed by atoms with Crippen molar-refractivity contribution in [1.29, 1.82) is 0 Å². The lowest BCUT2D eigenvalue weighted by atomic mass is 9.72. The van der Waals surface area contributed by atoms with Gasteiger partial charge in [0, 0.05) is 20.1 Å². The topological polar surface area (TPSA) is 70.6 Å². The summed E-state index contributed by atoms with van der Waals surface area (Å²) in [6, 6.07) is 17.5. The number of rotatable bonds is 5. The van der Waals surface area contributed by atoms with Crippen LogP contribution >= 0.6 is 11.3 Å². The molecule has 0 bridgehead atoms. The maximum atomic E-state index is 13.8. The van der Waals surface area contributed by atoms with Crippen molar-refractivity contribution >= 4 is 42.6 Å². The third kappa shape index (κ3) is 3.64. The van der Waals surface area contributed by atoms with E-state index in [1.807, 2.05) is 54.6 Å². The molecule has 1 saturated heterocycles. The number of sulfonamides is 1. The first-order valence-corrected chi connectivity index (χ1v) is 12.5. The van der Waals surface area contributed by atoms with Crippen molar-refractivity contribution in [1.82, 2.24) is 9.29 Å². The van der Waals surface area contributed by atoms with Crippen molar-refractivity contribution in [3.8, 4) is 0 Å². The lowest BCUT2D eigenvalue weighted by molar-refractivity contribution is -0.125. The maximum absolute atomic E-state index is 13.8. The Bertz CT molecular complexity index is 1120. The number of benzene rings is 2. The van der Waals surface area contributed by atoms with E-state index in [-0.39, 0.29) is 11.7 Å². The molecule has 2 aromatic carbocycles. The maximum Gasteiger partial charge on any atom is 0.239 e. The molecule has 0 radical (unpaired) electrons. The predicted molar refractivity (Wildman–Crippen MR) is 121 cm³/mol. The lowest BCUT2D eigenvalue weighted by Gasteiger charge is -2.41. The summed E-state index contributed by atoms with van der Waals surface area (Å²) in [5, 5.41) is 0.653. The average molecular weight is 444 g/mol. The molecule has 0 unspecified atom stereocenters. The van der Waals surface area contributed by atoms with Crippen LogP contribution in [-0.4, -0.2) is 49.5 Å². The van der Waals surface area contributed by atoms with Crippen LogP contribution in [-0.2, 0) is 20.2 Å². The van der Waals surface area contributed by atoms with Gasteiger partial charge in [-0.3, -0.25) is 9.69 Å². The van der Waals surface area contributed by atoms with Crippen molar-refractivity contribution in [2.75, 3.05) is 30.8 Å². The van der Waals surface area contributed by atoms with Gasteiger partial charge < -0.3 is 0 Å². The highest BCUT2D eigenvalue weighted by molar-refractivity contribution is 7.89. The number of amides is 1. The highest BCUT2D eigenvalue weighted by Crippen LogP contribution is 2.40. The molecular formula is C22H25N3O3S2. The number of anilines is 1. The molecule has 1 aliphatic heterocycles. The van der Waals surface area contributed by atoms with Crippen LogP contribution in [0.15, 0.2) is 54.6 Å². The second-order valence-electron chi connectivity index (χ2n) is 7.58. The third-order valence-electron chi connectivity index (χ3n) is 5.94. The summed E-state index contributed by atoms with van der Waals surface area (Å²) in [4.78, 5) is 20.1. The Morgan fingerprint density at radius 1 is 1.10 bits per heavy atom. The number of hydrogen-bond donors (Lipinski definition) is 0. The van der Waals surface area contributed by atoms with Crippen molar-refractivity contribution in [2.24, 2.45) is 0 Å². The number of thiazole rings is 1. The van der Waals surface area contributed by atoms with Crippen molar-refractivity contribution in [3.05, 3.63) is 60.2 Å². The number of fused-ring (bicyclic) bond motifs is 1. The Balaban J connectivity index is 1.69. The number of carbonyl (C=O) groups is 1. The zero-order valence-corrected chi connectivity index (χ0v) is 18.7. The molecule has 4 rings (SSSR count). The van der Waals surface area contributed by atoms with Crippen molar-refractivity contribution < 1.29 is 13.2 Å². The van der Waals surface area contributed by atoms with Crippen LogP contribution in [0.5, 0.6) is 0 Å². The fourth-order valence-electron chi connectivity index (χ4n) is 4.12. The zero-order chi connectivity index (χ0) is 21.4. The standard InChI is InChI=1S/C22H25N3O3S2/c1-3-30(27,28)25-15-13-22(14-16-25,17-9-5-4-6-10-17)20(26)24(2)21-23-18-11-7-8-12-19(18)29-21/h4-12H,3,13-16H2,1-2H3. The molecule has 8 heteroatoms. The molecule has 3 aromatic rings. The van der Waals surface area contributed by atoms with Crippen LogP contribution in [0, 0.1) is 0 Å². The van der Waals surface area contributed by atoms with Gasteiger partial charge in [0.05, 0.1) is 21.4 Å². The second kappa shape index (κ2) is 8.09. The van der Waals surface area contributed by atoms with E-state index >= 15 is 0 Å². The lowest BCUT2D eigenvalue weighted by Crippen LogP contribution is -2.53. The molecule has 1 aliphatic rings. The predicted octanol–water partition coefficient (Wildman–Crippen LogP) is 3.64. The van der Waals surface area contributed by atoms with E-state index in [2.05, 4.69) is 4.98 Å².